The smallest absolute Gasteiger partial charge is 0.0991 e. The summed E-state index contributed by atoms with van der Waals surface area (Å²) in [4.78, 5) is 0. The quantitative estimate of drug-likeness (QED) is 0.710. The van der Waals surface area contributed by atoms with Gasteiger partial charge in [-0.05, 0) is 29.5 Å². The van der Waals surface area contributed by atoms with Crippen LogP contribution in [-0.2, 0) is 6.42 Å². The topological polar surface area (TPSA) is 23.8 Å². The molecule has 0 aromatic heterocycles. The lowest BCUT2D eigenvalue weighted by molar-refractivity contribution is 0.349. The van der Waals surface area contributed by atoms with Gasteiger partial charge in [0.15, 0.2) is 0 Å². The number of nitrogens with zero attached hydrogens (tertiary/aromatic N) is 1. The molecule has 0 aliphatic carbocycles. The van der Waals surface area contributed by atoms with Gasteiger partial charge < -0.3 is 0 Å². The van der Waals surface area contributed by atoms with Gasteiger partial charge in [0, 0.05) is 0 Å². The highest BCUT2D eigenvalue weighted by Gasteiger charge is 2.15. The predicted octanol–water partition coefficient (Wildman–Crippen LogP) is 3.54. The molecular formula is C13H17N. The first-order chi connectivity index (χ1) is 6.57. The third-order valence-corrected chi connectivity index (χ3v) is 2.70. The largest absolute Gasteiger partial charge is 0.192 e. The van der Waals surface area contributed by atoms with E-state index in [4.69, 9.17) is 5.26 Å². The van der Waals surface area contributed by atoms with Crippen LogP contribution in [0.1, 0.15) is 38.3 Å². The van der Waals surface area contributed by atoms with Gasteiger partial charge >= 0.3 is 0 Å². The zero-order chi connectivity index (χ0) is 10.6. The molecular weight excluding hydrogens is 170 g/mol. The van der Waals surface area contributed by atoms with Crippen molar-refractivity contribution in [1.82, 2.24) is 0 Å². The van der Waals surface area contributed by atoms with Crippen LogP contribution in [0.15, 0.2) is 24.3 Å². The molecule has 0 aliphatic rings. The molecule has 1 rings (SSSR count). The van der Waals surface area contributed by atoms with Crippen molar-refractivity contribution in [2.45, 2.75) is 33.6 Å². The van der Waals surface area contributed by atoms with Crippen LogP contribution in [0.25, 0.3) is 0 Å². The number of rotatable bonds is 3. The van der Waals surface area contributed by atoms with Crippen LogP contribution in [0.3, 0.4) is 0 Å². The molecule has 0 fully saturated rings. The number of hydrogen-bond acceptors (Lipinski definition) is 1. The first-order valence-corrected chi connectivity index (χ1v) is 5.06. The fourth-order valence-electron chi connectivity index (χ4n) is 1.43. The Hall–Kier alpha value is -1.29. The van der Waals surface area contributed by atoms with Crippen LogP contribution in [0.2, 0.25) is 0 Å². The van der Waals surface area contributed by atoms with Crippen LogP contribution in [0.5, 0.6) is 0 Å². The van der Waals surface area contributed by atoms with E-state index < -0.39 is 0 Å². The van der Waals surface area contributed by atoms with Gasteiger partial charge in [-0.1, -0.05) is 39.3 Å². The summed E-state index contributed by atoms with van der Waals surface area (Å²) >= 11 is 0. The minimum atomic E-state index is 0.327. The van der Waals surface area contributed by atoms with Gasteiger partial charge in [0.2, 0.25) is 0 Å². The van der Waals surface area contributed by atoms with Crippen LogP contribution in [-0.4, -0.2) is 0 Å². The molecule has 0 aliphatic heterocycles. The summed E-state index contributed by atoms with van der Waals surface area (Å²) in [5.74, 6) is 0. The first kappa shape index (κ1) is 10.8. The predicted molar refractivity (Wildman–Crippen MR) is 58.9 cm³/mol. The molecule has 0 saturated carbocycles. The summed E-state index contributed by atoms with van der Waals surface area (Å²) in [5.41, 5.74) is 2.35. The maximum absolute atomic E-state index is 8.77. The highest BCUT2D eigenvalue weighted by molar-refractivity contribution is 5.33. The van der Waals surface area contributed by atoms with Gasteiger partial charge in [-0.15, -0.1) is 0 Å². The summed E-state index contributed by atoms with van der Waals surface area (Å²) in [7, 11) is 0. The van der Waals surface area contributed by atoms with Crippen molar-refractivity contribution in [2.75, 3.05) is 0 Å². The second-order valence-electron chi connectivity index (χ2n) is 4.51. The van der Waals surface area contributed by atoms with Crippen molar-refractivity contribution in [1.29, 1.82) is 5.26 Å². The highest BCUT2D eigenvalue weighted by atomic mass is 14.2. The molecule has 14 heavy (non-hydrogen) atoms. The third kappa shape index (κ3) is 2.88. The minimum absolute atomic E-state index is 0.327. The SMILES string of the molecule is CCC(C)(C)Cc1cccc(C#N)c1. The van der Waals surface area contributed by atoms with E-state index in [1.807, 2.05) is 18.2 Å². The standard InChI is InChI=1S/C13H17N/c1-4-13(2,3)9-11-6-5-7-12(8-11)10-14/h5-8H,4,9H2,1-3H3. The van der Waals surface area contributed by atoms with Crippen LogP contribution >= 0.6 is 0 Å². The second kappa shape index (κ2) is 4.28. The monoisotopic (exact) mass is 187 g/mol. The fraction of sp³-hybridized carbons (Fsp3) is 0.462. The third-order valence-electron chi connectivity index (χ3n) is 2.70. The molecule has 0 atom stereocenters. The lowest BCUT2D eigenvalue weighted by Crippen LogP contribution is -2.13. The molecule has 0 amide bonds. The Bertz CT molecular complexity index is 344. The van der Waals surface area contributed by atoms with E-state index in [0.29, 0.717) is 5.41 Å². The van der Waals surface area contributed by atoms with Gasteiger partial charge in [-0.2, -0.15) is 5.26 Å². The van der Waals surface area contributed by atoms with Crippen LogP contribution in [0, 0.1) is 16.7 Å². The summed E-state index contributed by atoms with van der Waals surface area (Å²) < 4.78 is 0. The second-order valence-corrected chi connectivity index (χ2v) is 4.51. The maximum atomic E-state index is 8.77. The summed E-state index contributed by atoms with van der Waals surface area (Å²) in [6.07, 6.45) is 2.20. The molecule has 0 radical (unpaired) electrons. The Labute approximate surface area is 86.4 Å². The van der Waals surface area contributed by atoms with E-state index in [2.05, 4.69) is 32.9 Å². The van der Waals surface area contributed by atoms with Crippen molar-refractivity contribution in [3.8, 4) is 6.07 Å². The van der Waals surface area contributed by atoms with Crippen molar-refractivity contribution >= 4 is 0 Å². The molecule has 0 unspecified atom stereocenters. The zero-order valence-corrected chi connectivity index (χ0v) is 9.17. The molecule has 1 nitrogen and oxygen atoms in total. The Balaban J connectivity index is 2.83. The Morgan fingerprint density at radius 1 is 1.36 bits per heavy atom. The van der Waals surface area contributed by atoms with E-state index in [1.54, 1.807) is 0 Å². The number of benzene rings is 1. The van der Waals surface area contributed by atoms with E-state index in [9.17, 15) is 0 Å². The van der Waals surface area contributed by atoms with E-state index in [-0.39, 0.29) is 0 Å². The fourth-order valence-corrected chi connectivity index (χ4v) is 1.43. The molecule has 1 aromatic carbocycles. The normalized spacial score (nSPS) is 11.0. The van der Waals surface area contributed by atoms with E-state index in [0.717, 1.165) is 18.4 Å². The highest BCUT2D eigenvalue weighted by Crippen LogP contribution is 2.25. The molecule has 1 aromatic rings. The van der Waals surface area contributed by atoms with Gasteiger partial charge in [0.1, 0.15) is 0 Å². The summed E-state index contributed by atoms with van der Waals surface area (Å²) in [6.45, 7) is 6.71. The van der Waals surface area contributed by atoms with Crippen LogP contribution in [0.4, 0.5) is 0 Å². The number of hydrogen-bond donors (Lipinski definition) is 0. The van der Waals surface area contributed by atoms with Crippen LogP contribution < -0.4 is 0 Å². The summed E-state index contributed by atoms with van der Waals surface area (Å²) in [5, 5.41) is 8.77. The molecule has 0 heterocycles. The van der Waals surface area contributed by atoms with Crippen molar-refractivity contribution in [2.24, 2.45) is 5.41 Å². The maximum Gasteiger partial charge on any atom is 0.0991 e. The van der Waals surface area contributed by atoms with Gasteiger partial charge in [-0.3, -0.25) is 0 Å². The van der Waals surface area contributed by atoms with Crippen molar-refractivity contribution < 1.29 is 0 Å². The summed E-state index contributed by atoms with van der Waals surface area (Å²) in [6, 6.07) is 10.1. The van der Waals surface area contributed by atoms with Gasteiger partial charge in [0.25, 0.3) is 0 Å². The number of nitriles is 1. The average Bonchev–Trinajstić information content (AvgIpc) is 2.17. The molecule has 74 valence electrons. The first-order valence-electron chi connectivity index (χ1n) is 5.06. The minimum Gasteiger partial charge on any atom is -0.192 e. The van der Waals surface area contributed by atoms with Crippen molar-refractivity contribution in [3.63, 3.8) is 0 Å². The lowest BCUT2D eigenvalue weighted by atomic mass is 9.83. The Morgan fingerprint density at radius 2 is 2.07 bits per heavy atom. The van der Waals surface area contributed by atoms with Crippen molar-refractivity contribution in [3.05, 3.63) is 35.4 Å². The Morgan fingerprint density at radius 3 is 2.64 bits per heavy atom. The van der Waals surface area contributed by atoms with E-state index in [1.165, 1.54) is 5.56 Å². The average molecular weight is 187 g/mol. The van der Waals surface area contributed by atoms with E-state index >= 15 is 0 Å². The molecule has 1 heteroatoms. The van der Waals surface area contributed by atoms with Gasteiger partial charge in [0.05, 0.1) is 11.6 Å². The molecule has 0 N–H and O–H groups in total. The Kier molecular flexibility index (Phi) is 3.30. The molecule has 0 saturated heterocycles. The molecule has 0 bridgehead atoms. The molecule has 0 spiro atoms. The zero-order valence-electron chi connectivity index (χ0n) is 9.17. The van der Waals surface area contributed by atoms with Gasteiger partial charge in [-0.25, -0.2) is 0 Å². The lowest BCUT2D eigenvalue weighted by Gasteiger charge is -2.22.